The molecule has 0 bridgehead atoms. The third kappa shape index (κ3) is 5.45. The summed E-state index contributed by atoms with van der Waals surface area (Å²) in [6.07, 6.45) is -14.9. The molecule has 6 nitrogen and oxygen atoms in total. The highest BCUT2D eigenvalue weighted by molar-refractivity contribution is 8.77. The molecule has 0 amide bonds. The van der Waals surface area contributed by atoms with Crippen molar-refractivity contribution < 1.29 is 71.3 Å². The van der Waals surface area contributed by atoms with Crippen LogP contribution in [0.1, 0.15) is 0 Å². The first-order valence-electron chi connectivity index (χ1n) is 7.75. The predicted molar refractivity (Wildman–Crippen MR) is 88.9 cm³/mol. The van der Waals surface area contributed by atoms with Gasteiger partial charge >= 0.3 is 36.0 Å². The van der Waals surface area contributed by atoms with Gasteiger partial charge < -0.3 is 0 Å². The fourth-order valence-electron chi connectivity index (χ4n) is 1.99. The van der Waals surface area contributed by atoms with Crippen molar-refractivity contribution in [2.24, 2.45) is 0 Å². The van der Waals surface area contributed by atoms with Gasteiger partial charge in [-0.25, -0.2) is 0 Å². The SMILES string of the molecule is O=[N+]([O-])c1ccc(SSC(C(F)(F)C(F)(F)C(F)(F)F)C(F)(F)C(F)(F)C(F)(F)F)c([N+](=O)[O-])c1. The fraction of sp³-hybridized carbons (Fsp3) is 0.538. The van der Waals surface area contributed by atoms with Crippen LogP contribution in [0.5, 0.6) is 0 Å². The molecule has 0 aliphatic heterocycles. The Bertz CT molecular complexity index is 944. The first kappa shape index (κ1) is 30.8. The normalized spacial score (nSPS) is 14.4. The minimum atomic E-state index is -7.59. The summed E-state index contributed by atoms with van der Waals surface area (Å²) < 4.78 is 184. The second-order valence-corrected chi connectivity index (χ2v) is 8.46. The summed E-state index contributed by atoms with van der Waals surface area (Å²) >= 11 is 0. The molecule has 0 atom stereocenters. The van der Waals surface area contributed by atoms with Gasteiger partial charge in [-0.05, 0) is 16.9 Å². The summed E-state index contributed by atoms with van der Waals surface area (Å²) in [7, 11) is -2.80. The molecule has 1 aromatic carbocycles. The fourth-order valence-corrected chi connectivity index (χ4v) is 4.82. The van der Waals surface area contributed by atoms with Gasteiger partial charge in [0.05, 0.1) is 20.8 Å². The number of halogens is 14. The Hall–Kier alpha value is -2.26. The van der Waals surface area contributed by atoms with Crippen molar-refractivity contribution in [3.8, 4) is 0 Å². The number of alkyl halides is 14. The van der Waals surface area contributed by atoms with E-state index in [1.165, 1.54) is 0 Å². The summed E-state index contributed by atoms with van der Waals surface area (Å²) in [5.41, 5.74) is -2.64. The quantitative estimate of drug-likeness (QED) is 0.132. The Labute approximate surface area is 189 Å². The third-order valence-corrected chi connectivity index (χ3v) is 6.60. The van der Waals surface area contributed by atoms with E-state index in [1.807, 2.05) is 0 Å². The number of hydrogen-bond donors (Lipinski definition) is 0. The first-order valence-corrected chi connectivity index (χ1v) is 9.96. The zero-order chi connectivity index (χ0) is 28.0. The number of rotatable bonds is 9. The molecule has 0 aliphatic carbocycles. The van der Waals surface area contributed by atoms with Crippen LogP contribution in [0.15, 0.2) is 23.1 Å². The van der Waals surface area contributed by atoms with Gasteiger partial charge in [-0.3, -0.25) is 20.2 Å². The summed E-state index contributed by atoms with van der Waals surface area (Å²) in [6, 6.07) is 0.545. The van der Waals surface area contributed by atoms with E-state index in [1.54, 1.807) is 0 Å². The van der Waals surface area contributed by atoms with Crippen molar-refractivity contribution in [1.82, 2.24) is 0 Å². The van der Waals surface area contributed by atoms with Crippen LogP contribution >= 0.6 is 21.6 Å². The number of nitrogens with zero attached hydrogens (tertiary/aromatic N) is 2. The Morgan fingerprint density at radius 3 is 1.40 bits per heavy atom. The van der Waals surface area contributed by atoms with Crippen molar-refractivity contribution in [1.29, 1.82) is 0 Å². The van der Waals surface area contributed by atoms with E-state index in [0.717, 1.165) is 0 Å². The second kappa shape index (κ2) is 9.32. The van der Waals surface area contributed by atoms with Gasteiger partial charge in [0.1, 0.15) is 0 Å². The van der Waals surface area contributed by atoms with E-state index < -0.39 is 89.0 Å². The van der Waals surface area contributed by atoms with Gasteiger partial charge in [0, 0.05) is 6.07 Å². The van der Waals surface area contributed by atoms with Gasteiger partial charge in [-0.1, -0.05) is 10.8 Å². The Morgan fingerprint density at radius 2 is 1.09 bits per heavy atom. The molecule has 0 saturated heterocycles. The van der Waals surface area contributed by atoms with E-state index in [0.29, 0.717) is 6.07 Å². The van der Waals surface area contributed by atoms with Gasteiger partial charge in [0.25, 0.3) is 11.4 Å². The molecule has 1 rings (SSSR count). The Kier molecular flexibility index (Phi) is 8.19. The molecule has 1 aromatic rings. The average molecular weight is 582 g/mol. The Morgan fingerprint density at radius 1 is 0.686 bits per heavy atom. The Balaban J connectivity index is 3.71. The number of nitro benzene ring substituents is 2. The zero-order valence-electron chi connectivity index (χ0n) is 15.4. The van der Waals surface area contributed by atoms with Crippen LogP contribution in [0.4, 0.5) is 72.8 Å². The molecule has 0 N–H and O–H groups in total. The van der Waals surface area contributed by atoms with E-state index in [-0.39, 0.29) is 12.1 Å². The third-order valence-electron chi connectivity index (χ3n) is 3.79. The lowest BCUT2D eigenvalue weighted by Crippen LogP contribution is -2.67. The average Bonchev–Trinajstić information content (AvgIpc) is 2.65. The van der Waals surface area contributed by atoms with Crippen molar-refractivity contribution in [3.63, 3.8) is 0 Å². The summed E-state index contributed by atoms with van der Waals surface area (Å²) in [6.45, 7) is 0. The maximum absolute atomic E-state index is 14.0. The summed E-state index contributed by atoms with van der Waals surface area (Å²) in [5, 5.41) is 16.0. The van der Waals surface area contributed by atoms with E-state index >= 15 is 0 Å². The monoisotopic (exact) mass is 582 g/mol. The van der Waals surface area contributed by atoms with Crippen LogP contribution in [-0.2, 0) is 0 Å². The molecule has 22 heteroatoms. The lowest BCUT2D eigenvalue weighted by molar-refractivity contribution is -0.396. The lowest BCUT2D eigenvalue weighted by Gasteiger charge is -2.39. The molecule has 0 spiro atoms. The van der Waals surface area contributed by atoms with Gasteiger partial charge in [0.2, 0.25) is 0 Å². The number of non-ortho nitro benzene ring substituents is 1. The zero-order valence-corrected chi connectivity index (χ0v) is 17.1. The van der Waals surface area contributed by atoms with Crippen molar-refractivity contribution in [2.45, 2.75) is 46.2 Å². The maximum Gasteiger partial charge on any atom is 0.459 e. The van der Waals surface area contributed by atoms with Crippen molar-refractivity contribution in [3.05, 3.63) is 38.4 Å². The first-order chi connectivity index (χ1) is 15.3. The van der Waals surface area contributed by atoms with Gasteiger partial charge in [-0.2, -0.15) is 61.5 Å². The second-order valence-electron chi connectivity index (χ2n) is 6.12. The van der Waals surface area contributed by atoms with Crippen LogP contribution in [0, 0.1) is 20.2 Å². The standard InChI is InChI=1S/C13H4F14N2O4S2/c14-8(15,10(18,19)12(22,23)24)7(9(16,17)11(20,21)13(25,26)27)35-34-6-2-1-4(28(30)31)3-5(6)29(32)33/h1-3,7H. The number of benzene rings is 1. The topological polar surface area (TPSA) is 86.3 Å². The highest BCUT2D eigenvalue weighted by atomic mass is 33.1. The predicted octanol–water partition coefficient (Wildman–Crippen LogP) is 7.28. The molecule has 0 unspecified atom stereocenters. The van der Waals surface area contributed by atoms with Crippen LogP contribution in [0.3, 0.4) is 0 Å². The minimum absolute atomic E-state index is 0.0306. The van der Waals surface area contributed by atoms with Gasteiger partial charge in [0.15, 0.2) is 5.25 Å². The van der Waals surface area contributed by atoms with Crippen molar-refractivity contribution >= 4 is 33.0 Å². The molecular formula is C13H4F14N2O4S2. The molecule has 0 radical (unpaired) electrons. The van der Waals surface area contributed by atoms with Crippen molar-refractivity contribution in [2.75, 3.05) is 0 Å². The molecule has 200 valence electrons. The molecule has 0 heterocycles. The number of nitro groups is 2. The molecule has 0 fully saturated rings. The summed E-state index contributed by atoms with van der Waals surface area (Å²) in [4.78, 5) is 17.4. The highest BCUT2D eigenvalue weighted by Crippen LogP contribution is 2.61. The van der Waals surface area contributed by atoms with Crippen LogP contribution in [0.25, 0.3) is 0 Å². The largest absolute Gasteiger partial charge is 0.459 e. The van der Waals surface area contributed by atoms with E-state index in [4.69, 9.17) is 0 Å². The minimum Gasteiger partial charge on any atom is -0.258 e. The maximum atomic E-state index is 14.0. The molecule has 35 heavy (non-hydrogen) atoms. The molecular weight excluding hydrogens is 578 g/mol. The highest BCUT2D eigenvalue weighted by Gasteiger charge is 2.85. The number of hydrogen-bond acceptors (Lipinski definition) is 6. The lowest BCUT2D eigenvalue weighted by atomic mass is 9.97. The summed E-state index contributed by atoms with van der Waals surface area (Å²) in [5.74, 6) is -29.9. The van der Waals surface area contributed by atoms with Crippen LogP contribution in [-0.4, -0.2) is 51.1 Å². The van der Waals surface area contributed by atoms with Crippen LogP contribution in [0.2, 0.25) is 0 Å². The smallest absolute Gasteiger partial charge is 0.258 e. The molecule has 0 aromatic heterocycles. The molecule has 0 aliphatic rings. The van der Waals surface area contributed by atoms with E-state index in [9.17, 15) is 81.7 Å². The van der Waals surface area contributed by atoms with Crippen LogP contribution < -0.4 is 0 Å². The van der Waals surface area contributed by atoms with Gasteiger partial charge in [-0.15, -0.1) is 0 Å². The molecule has 0 saturated carbocycles. The van der Waals surface area contributed by atoms with E-state index in [2.05, 4.69) is 0 Å².